The molecule has 1 unspecified atom stereocenters. The second-order valence-electron chi connectivity index (χ2n) is 6.47. The Morgan fingerprint density at radius 3 is 2.54 bits per heavy atom. The number of aliphatic hydroxyl groups is 1. The highest BCUT2D eigenvalue weighted by molar-refractivity contribution is 7.89. The van der Waals surface area contributed by atoms with Crippen molar-refractivity contribution in [2.75, 3.05) is 13.1 Å². The van der Waals surface area contributed by atoms with Crippen molar-refractivity contribution < 1.29 is 13.5 Å². The third-order valence-corrected chi connectivity index (χ3v) is 7.72. The van der Waals surface area contributed by atoms with E-state index in [-0.39, 0.29) is 5.92 Å². The van der Waals surface area contributed by atoms with Gasteiger partial charge in [0.15, 0.2) is 0 Å². The molecule has 1 aromatic heterocycles. The molecule has 0 aliphatic carbocycles. The van der Waals surface area contributed by atoms with Crippen molar-refractivity contribution in [1.29, 1.82) is 0 Å². The van der Waals surface area contributed by atoms with E-state index in [4.69, 9.17) is 0 Å². The van der Waals surface area contributed by atoms with Gasteiger partial charge in [0.2, 0.25) is 10.0 Å². The second kappa shape index (κ2) is 6.96. The van der Waals surface area contributed by atoms with Crippen LogP contribution in [0.1, 0.15) is 34.9 Å². The summed E-state index contributed by atoms with van der Waals surface area (Å²) in [7, 11) is -3.46. The lowest BCUT2D eigenvalue weighted by molar-refractivity contribution is 0.0788. The lowest BCUT2D eigenvalue weighted by Gasteiger charge is -2.33. The standard InChI is InChI=1S/C18H23NO3S2/c1-13-5-6-14(2)17(12-13)24(21,22)19-9-7-15(8-10-19)18(20)16-4-3-11-23-16/h3-6,11-12,15,18,20H,7-10H2,1-2H3. The number of piperidine rings is 1. The molecular weight excluding hydrogens is 342 g/mol. The van der Waals surface area contributed by atoms with Gasteiger partial charge in [-0.15, -0.1) is 11.3 Å². The zero-order valence-electron chi connectivity index (χ0n) is 14.0. The molecule has 2 heterocycles. The molecule has 4 nitrogen and oxygen atoms in total. The molecule has 6 heteroatoms. The number of rotatable bonds is 4. The van der Waals surface area contributed by atoms with Crippen molar-refractivity contribution >= 4 is 21.4 Å². The summed E-state index contributed by atoms with van der Waals surface area (Å²) >= 11 is 1.55. The number of hydrogen-bond acceptors (Lipinski definition) is 4. The zero-order valence-corrected chi connectivity index (χ0v) is 15.6. The maximum absolute atomic E-state index is 12.9. The molecule has 0 bridgehead atoms. The predicted molar refractivity (Wildman–Crippen MR) is 96.7 cm³/mol. The van der Waals surface area contributed by atoms with Gasteiger partial charge >= 0.3 is 0 Å². The quantitative estimate of drug-likeness (QED) is 0.902. The van der Waals surface area contributed by atoms with Gasteiger partial charge in [0.25, 0.3) is 0 Å². The molecule has 2 aromatic rings. The third kappa shape index (κ3) is 3.42. The Balaban J connectivity index is 1.73. The fraction of sp³-hybridized carbons (Fsp3) is 0.444. The minimum absolute atomic E-state index is 0.119. The van der Waals surface area contributed by atoms with Crippen LogP contribution in [0.15, 0.2) is 40.6 Å². The Labute approximate surface area is 147 Å². The highest BCUT2D eigenvalue weighted by Gasteiger charge is 2.33. The Morgan fingerprint density at radius 1 is 1.21 bits per heavy atom. The first kappa shape index (κ1) is 17.6. The van der Waals surface area contributed by atoms with Gasteiger partial charge in [-0.1, -0.05) is 18.2 Å². The molecule has 1 aliphatic rings. The fourth-order valence-electron chi connectivity index (χ4n) is 3.25. The van der Waals surface area contributed by atoms with Crippen LogP contribution in [0.5, 0.6) is 0 Å². The van der Waals surface area contributed by atoms with Crippen LogP contribution in [0.3, 0.4) is 0 Å². The van der Waals surface area contributed by atoms with E-state index in [1.54, 1.807) is 21.7 Å². The van der Waals surface area contributed by atoms with Crippen LogP contribution in [-0.2, 0) is 10.0 Å². The largest absolute Gasteiger partial charge is 0.387 e. The van der Waals surface area contributed by atoms with Crippen LogP contribution in [0.4, 0.5) is 0 Å². The molecule has 1 atom stereocenters. The Bertz CT molecular complexity index is 792. The Hall–Kier alpha value is -1.21. The lowest BCUT2D eigenvalue weighted by Crippen LogP contribution is -2.39. The van der Waals surface area contributed by atoms with E-state index in [2.05, 4.69) is 0 Å². The average Bonchev–Trinajstić information content (AvgIpc) is 3.11. The smallest absolute Gasteiger partial charge is 0.243 e. The molecule has 0 saturated carbocycles. The van der Waals surface area contributed by atoms with Crippen LogP contribution in [0, 0.1) is 19.8 Å². The molecule has 130 valence electrons. The SMILES string of the molecule is Cc1ccc(C)c(S(=O)(=O)N2CCC(C(O)c3cccs3)CC2)c1. The summed E-state index contributed by atoms with van der Waals surface area (Å²) in [6.07, 6.45) is 0.877. The Kier molecular flexibility index (Phi) is 5.11. The number of hydrogen-bond donors (Lipinski definition) is 1. The topological polar surface area (TPSA) is 57.6 Å². The van der Waals surface area contributed by atoms with E-state index in [1.165, 1.54) is 0 Å². The Morgan fingerprint density at radius 2 is 1.92 bits per heavy atom. The van der Waals surface area contributed by atoms with Crippen molar-refractivity contribution in [3.8, 4) is 0 Å². The van der Waals surface area contributed by atoms with Crippen LogP contribution < -0.4 is 0 Å². The minimum atomic E-state index is -3.46. The maximum atomic E-state index is 12.9. The first-order valence-corrected chi connectivity index (χ1v) is 10.5. The highest BCUT2D eigenvalue weighted by atomic mass is 32.2. The summed E-state index contributed by atoms with van der Waals surface area (Å²) in [5, 5.41) is 12.4. The lowest BCUT2D eigenvalue weighted by atomic mass is 9.91. The summed E-state index contributed by atoms with van der Waals surface area (Å²) in [4.78, 5) is 1.37. The van der Waals surface area contributed by atoms with Gasteiger partial charge in [-0.2, -0.15) is 4.31 Å². The molecule has 0 amide bonds. The average molecular weight is 366 g/mol. The van der Waals surface area contributed by atoms with Crippen molar-refractivity contribution in [3.05, 3.63) is 51.7 Å². The van der Waals surface area contributed by atoms with Gasteiger partial charge in [-0.05, 0) is 61.2 Å². The van der Waals surface area contributed by atoms with E-state index < -0.39 is 16.1 Å². The number of nitrogens with zero attached hydrogens (tertiary/aromatic N) is 1. The van der Waals surface area contributed by atoms with Gasteiger partial charge in [0, 0.05) is 18.0 Å². The van der Waals surface area contributed by atoms with Gasteiger partial charge in [0.1, 0.15) is 0 Å². The van der Waals surface area contributed by atoms with Crippen molar-refractivity contribution in [3.63, 3.8) is 0 Å². The summed E-state index contributed by atoms with van der Waals surface area (Å²) in [5.74, 6) is 0.119. The van der Waals surface area contributed by atoms with Gasteiger partial charge in [-0.3, -0.25) is 0 Å². The van der Waals surface area contributed by atoms with E-state index >= 15 is 0 Å². The molecular formula is C18H23NO3S2. The summed E-state index contributed by atoms with van der Waals surface area (Å²) < 4.78 is 27.4. The monoisotopic (exact) mass is 365 g/mol. The van der Waals surface area contributed by atoms with Gasteiger partial charge in [0.05, 0.1) is 11.0 Å². The van der Waals surface area contributed by atoms with Crippen molar-refractivity contribution in [2.45, 2.75) is 37.7 Å². The minimum Gasteiger partial charge on any atom is -0.387 e. The molecule has 0 radical (unpaired) electrons. The van der Waals surface area contributed by atoms with Crippen LogP contribution >= 0.6 is 11.3 Å². The van der Waals surface area contributed by atoms with Crippen LogP contribution in [0.25, 0.3) is 0 Å². The van der Waals surface area contributed by atoms with E-state index in [9.17, 15) is 13.5 Å². The third-order valence-electron chi connectivity index (χ3n) is 4.74. The summed E-state index contributed by atoms with van der Waals surface area (Å²) in [6, 6.07) is 9.41. The molecule has 1 aliphatic heterocycles. The number of aryl methyl sites for hydroxylation is 2. The van der Waals surface area contributed by atoms with E-state index in [0.29, 0.717) is 30.8 Å². The molecule has 1 aromatic carbocycles. The number of aliphatic hydroxyl groups excluding tert-OH is 1. The summed E-state index contributed by atoms with van der Waals surface area (Å²) in [5.41, 5.74) is 1.73. The molecule has 24 heavy (non-hydrogen) atoms. The molecule has 3 rings (SSSR count). The number of thiophene rings is 1. The van der Waals surface area contributed by atoms with E-state index in [0.717, 1.165) is 16.0 Å². The molecule has 1 saturated heterocycles. The maximum Gasteiger partial charge on any atom is 0.243 e. The van der Waals surface area contributed by atoms with Gasteiger partial charge in [-0.25, -0.2) is 8.42 Å². The molecule has 1 fully saturated rings. The van der Waals surface area contributed by atoms with Crippen molar-refractivity contribution in [1.82, 2.24) is 4.31 Å². The van der Waals surface area contributed by atoms with Gasteiger partial charge < -0.3 is 5.11 Å². The molecule has 0 spiro atoms. The highest BCUT2D eigenvalue weighted by Crippen LogP contribution is 2.34. The second-order valence-corrected chi connectivity index (χ2v) is 9.36. The first-order valence-electron chi connectivity index (χ1n) is 8.18. The number of benzene rings is 1. The number of sulfonamides is 1. The van der Waals surface area contributed by atoms with Crippen molar-refractivity contribution in [2.24, 2.45) is 5.92 Å². The van der Waals surface area contributed by atoms with Crippen LogP contribution in [0.2, 0.25) is 0 Å². The fourth-order valence-corrected chi connectivity index (χ4v) is 5.83. The summed E-state index contributed by atoms with van der Waals surface area (Å²) in [6.45, 7) is 4.66. The first-order chi connectivity index (χ1) is 11.4. The predicted octanol–water partition coefficient (Wildman–Crippen LogP) is 3.50. The molecule has 1 N–H and O–H groups in total. The van der Waals surface area contributed by atoms with E-state index in [1.807, 2.05) is 43.5 Å². The van der Waals surface area contributed by atoms with Crippen LogP contribution in [-0.4, -0.2) is 30.9 Å². The zero-order chi connectivity index (χ0) is 17.3. The normalized spacial score (nSPS) is 18.6.